The Kier molecular flexibility index (Phi) is 7.53. The highest BCUT2D eigenvalue weighted by Crippen LogP contribution is 2.36. The lowest BCUT2D eigenvalue weighted by Crippen LogP contribution is -2.24. The predicted molar refractivity (Wildman–Crippen MR) is 134 cm³/mol. The molecule has 0 aliphatic heterocycles. The highest BCUT2D eigenvalue weighted by atomic mass is 35.5. The molecular weight excluding hydrogens is 474 g/mol. The molecule has 182 valence electrons. The monoisotopic (exact) mass is 503 g/mol. The molecule has 3 aromatic rings. The van der Waals surface area contributed by atoms with Crippen LogP contribution in [-0.2, 0) is 10.1 Å². The van der Waals surface area contributed by atoms with Gasteiger partial charge in [-0.1, -0.05) is 65.3 Å². The molecule has 9 heteroatoms. The average molecular weight is 504 g/mol. The zero-order chi connectivity index (χ0) is 25.4. The predicted octanol–water partition coefficient (Wildman–Crippen LogP) is 5.73. The first-order chi connectivity index (χ1) is 15.8. The van der Waals surface area contributed by atoms with Gasteiger partial charge in [0, 0.05) is 6.20 Å². The first-order valence-corrected chi connectivity index (χ1v) is 12.9. The van der Waals surface area contributed by atoms with E-state index in [1.165, 1.54) is 16.8 Å². The summed E-state index contributed by atoms with van der Waals surface area (Å²) in [4.78, 5) is 21.1. The lowest BCUT2D eigenvalue weighted by molar-refractivity contribution is 0.469. The summed E-state index contributed by atoms with van der Waals surface area (Å²) in [6, 6.07) is 8.06. The highest BCUT2D eigenvalue weighted by molar-refractivity contribution is 7.87. The van der Waals surface area contributed by atoms with Crippen molar-refractivity contribution < 1.29 is 12.6 Å². The standard InChI is InChI=1S/C25H30ClN3O4S/c1-14(2)18-10-20(15(3)4)25(21(11-18)16(5)6)34(31,32)33-23-13-24(30)29(17(7)28-23)19-8-9-27-22(26)12-19/h8-16H,1-7H3. The van der Waals surface area contributed by atoms with E-state index in [0.29, 0.717) is 16.8 Å². The molecule has 0 radical (unpaired) electrons. The van der Waals surface area contributed by atoms with Crippen molar-refractivity contribution in [3.05, 3.63) is 74.6 Å². The maximum atomic E-state index is 13.6. The molecule has 0 aliphatic carbocycles. The first-order valence-electron chi connectivity index (χ1n) is 11.2. The molecule has 34 heavy (non-hydrogen) atoms. The Hall–Kier alpha value is -2.71. The maximum Gasteiger partial charge on any atom is 0.341 e. The van der Waals surface area contributed by atoms with Crippen molar-refractivity contribution in [3.8, 4) is 11.6 Å². The molecule has 0 saturated heterocycles. The third-order valence-electron chi connectivity index (χ3n) is 5.56. The largest absolute Gasteiger partial charge is 0.358 e. The molecule has 0 N–H and O–H groups in total. The molecule has 0 aliphatic rings. The van der Waals surface area contributed by atoms with Gasteiger partial charge in [0.1, 0.15) is 15.9 Å². The Bertz CT molecular complexity index is 1350. The quantitative estimate of drug-likeness (QED) is 0.302. The van der Waals surface area contributed by atoms with E-state index in [9.17, 15) is 13.2 Å². The number of hydrogen-bond acceptors (Lipinski definition) is 6. The summed E-state index contributed by atoms with van der Waals surface area (Å²) in [7, 11) is -4.27. The van der Waals surface area contributed by atoms with Gasteiger partial charge in [-0.25, -0.2) is 4.98 Å². The van der Waals surface area contributed by atoms with Crippen LogP contribution >= 0.6 is 11.6 Å². The van der Waals surface area contributed by atoms with Crippen LogP contribution in [-0.4, -0.2) is 23.0 Å². The summed E-state index contributed by atoms with van der Waals surface area (Å²) in [5.74, 6) is 0.109. The Morgan fingerprint density at radius 2 is 1.53 bits per heavy atom. The van der Waals surface area contributed by atoms with Crippen LogP contribution in [0.3, 0.4) is 0 Å². The molecule has 7 nitrogen and oxygen atoms in total. The summed E-state index contributed by atoms with van der Waals surface area (Å²) in [5.41, 5.74) is 2.41. The number of halogens is 1. The van der Waals surface area contributed by atoms with Crippen molar-refractivity contribution in [2.45, 2.75) is 71.1 Å². The molecule has 0 fully saturated rings. The van der Waals surface area contributed by atoms with Crippen LogP contribution in [0.1, 0.15) is 81.8 Å². The molecule has 0 amide bonds. The highest BCUT2D eigenvalue weighted by Gasteiger charge is 2.29. The molecule has 2 heterocycles. The fourth-order valence-corrected chi connectivity index (χ4v) is 5.52. The Morgan fingerprint density at radius 1 is 0.941 bits per heavy atom. The molecule has 0 saturated carbocycles. The fraction of sp³-hybridized carbons (Fsp3) is 0.400. The van der Waals surface area contributed by atoms with E-state index < -0.39 is 15.7 Å². The molecule has 1 aromatic carbocycles. The second-order valence-corrected chi connectivity index (χ2v) is 11.1. The molecule has 0 spiro atoms. The molecule has 0 bridgehead atoms. The number of benzene rings is 1. The van der Waals surface area contributed by atoms with Crippen LogP contribution in [0.25, 0.3) is 5.69 Å². The van der Waals surface area contributed by atoms with E-state index >= 15 is 0 Å². The summed E-state index contributed by atoms with van der Waals surface area (Å²) in [6.07, 6.45) is 1.47. The van der Waals surface area contributed by atoms with Gasteiger partial charge in [-0.2, -0.15) is 13.4 Å². The van der Waals surface area contributed by atoms with E-state index in [-0.39, 0.29) is 39.5 Å². The van der Waals surface area contributed by atoms with Gasteiger partial charge in [-0.3, -0.25) is 9.36 Å². The lowest BCUT2D eigenvalue weighted by Gasteiger charge is -2.22. The van der Waals surface area contributed by atoms with Crippen LogP contribution in [0.5, 0.6) is 5.88 Å². The zero-order valence-electron chi connectivity index (χ0n) is 20.5. The first kappa shape index (κ1) is 25.9. The third kappa shape index (κ3) is 5.33. The number of aryl methyl sites for hydroxylation is 1. The van der Waals surface area contributed by atoms with Gasteiger partial charge < -0.3 is 4.18 Å². The van der Waals surface area contributed by atoms with Gasteiger partial charge in [0.25, 0.3) is 5.56 Å². The van der Waals surface area contributed by atoms with Gasteiger partial charge in [0.05, 0.1) is 11.8 Å². The van der Waals surface area contributed by atoms with Gasteiger partial charge in [-0.05, 0) is 53.5 Å². The van der Waals surface area contributed by atoms with Crippen LogP contribution in [0.15, 0.2) is 46.2 Å². The minimum absolute atomic E-state index is 0.0521. The maximum absolute atomic E-state index is 13.6. The molecule has 0 atom stereocenters. The summed E-state index contributed by atoms with van der Waals surface area (Å²) in [6.45, 7) is 13.5. The van der Waals surface area contributed by atoms with E-state index in [4.69, 9.17) is 15.8 Å². The molecule has 3 rings (SSSR count). The minimum atomic E-state index is -4.27. The van der Waals surface area contributed by atoms with Crippen molar-refractivity contribution in [1.29, 1.82) is 0 Å². The second kappa shape index (κ2) is 9.88. The van der Waals surface area contributed by atoms with E-state index in [1.54, 1.807) is 13.0 Å². The number of aromatic nitrogens is 3. The van der Waals surface area contributed by atoms with E-state index in [1.807, 2.05) is 39.8 Å². The normalized spacial score (nSPS) is 12.1. The van der Waals surface area contributed by atoms with Crippen molar-refractivity contribution >= 4 is 21.7 Å². The van der Waals surface area contributed by atoms with Crippen LogP contribution in [0.2, 0.25) is 5.15 Å². The number of rotatable bonds is 7. The van der Waals surface area contributed by atoms with Crippen molar-refractivity contribution in [1.82, 2.24) is 14.5 Å². The Labute approximate surface area is 205 Å². The van der Waals surface area contributed by atoms with Crippen LogP contribution in [0, 0.1) is 6.92 Å². The van der Waals surface area contributed by atoms with Gasteiger partial charge in [-0.15, -0.1) is 0 Å². The van der Waals surface area contributed by atoms with E-state index in [2.05, 4.69) is 23.8 Å². The Balaban J connectivity index is 2.13. The molecule has 2 aromatic heterocycles. The minimum Gasteiger partial charge on any atom is -0.358 e. The van der Waals surface area contributed by atoms with Crippen LogP contribution < -0.4 is 9.74 Å². The van der Waals surface area contributed by atoms with Gasteiger partial charge in [0.2, 0.25) is 5.88 Å². The summed E-state index contributed by atoms with van der Waals surface area (Å²) >= 11 is 5.95. The Morgan fingerprint density at radius 3 is 2.00 bits per heavy atom. The average Bonchev–Trinajstić information content (AvgIpc) is 2.71. The van der Waals surface area contributed by atoms with Gasteiger partial charge in [0.15, 0.2) is 0 Å². The molecule has 0 unspecified atom stereocenters. The second-order valence-electron chi connectivity index (χ2n) is 9.18. The SMILES string of the molecule is Cc1nc(OS(=O)(=O)c2c(C(C)C)cc(C(C)C)cc2C(C)C)cc(=O)n1-c1ccnc(Cl)c1. The summed E-state index contributed by atoms with van der Waals surface area (Å²) in [5, 5.41) is 0.221. The number of nitrogens with zero attached hydrogens (tertiary/aromatic N) is 3. The van der Waals surface area contributed by atoms with Gasteiger partial charge >= 0.3 is 10.1 Å². The van der Waals surface area contributed by atoms with Crippen LogP contribution in [0.4, 0.5) is 0 Å². The van der Waals surface area contributed by atoms with Crippen molar-refractivity contribution in [2.24, 2.45) is 0 Å². The topological polar surface area (TPSA) is 91.1 Å². The fourth-order valence-electron chi connectivity index (χ4n) is 3.79. The third-order valence-corrected chi connectivity index (χ3v) is 7.12. The van der Waals surface area contributed by atoms with Crippen molar-refractivity contribution in [2.75, 3.05) is 0 Å². The summed E-state index contributed by atoms with van der Waals surface area (Å²) < 4.78 is 33.9. The number of hydrogen-bond donors (Lipinski definition) is 0. The number of pyridine rings is 1. The smallest absolute Gasteiger partial charge is 0.341 e. The van der Waals surface area contributed by atoms with Crippen molar-refractivity contribution in [3.63, 3.8) is 0 Å². The zero-order valence-corrected chi connectivity index (χ0v) is 22.0. The lowest BCUT2D eigenvalue weighted by atomic mass is 9.89. The van der Waals surface area contributed by atoms with E-state index in [0.717, 1.165) is 11.6 Å². The molecular formula is C25H30ClN3O4S.